The molecule has 0 fully saturated rings. The summed E-state index contributed by atoms with van der Waals surface area (Å²) in [7, 11) is -4.04. The maximum atomic E-state index is 11.8. The number of nitrogens with two attached hydrogens (primary N) is 1. The van der Waals surface area contributed by atoms with Crippen molar-refractivity contribution >= 4 is 32.5 Å². The number of hydrogen-bond acceptors (Lipinski definition) is 8. The molecule has 0 saturated carbocycles. The van der Waals surface area contributed by atoms with E-state index in [0.717, 1.165) is 28.4 Å². The number of primary sulfonamides is 1. The van der Waals surface area contributed by atoms with Crippen molar-refractivity contribution in [2.75, 3.05) is 11.9 Å². The first-order valence-electron chi connectivity index (χ1n) is 10.7. The molecule has 2 heterocycles. The first-order valence-corrected chi connectivity index (χ1v) is 12.2. The Labute approximate surface area is 203 Å². The maximum Gasteiger partial charge on any atom is 0.257 e. The summed E-state index contributed by atoms with van der Waals surface area (Å²) in [5.74, 6) is 0.741. The van der Waals surface area contributed by atoms with E-state index in [0.29, 0.717) is 17.9 Å². The fourth-order valence-corrected chi connectivity index (χ4v) is 3.94. The third-order valence-corrected chi connectivity index (χ3v) is 5.77. The number of nitrogens with one attached hydrogen (secondary N) is 1. The van der Waals surface area contributed by atoms with Crippen molar-refractivity contribution in [2.24, 2.45) is 10.1 Å². The highest BCUT2D eigenvalue weighted by Gasteiger charge is 2.17. The fourth-order valence-electron chi connectivity index (χ4n) is 3.51. The Kier molecular flexibility index (Phi) is 7.04. The second-order valence-electron chi connectivity index (χ2n) is 7.41. The van der Waals surface area contributed by atoms with Gasteiger partial charge in [0.15, 0.2) is 10.9 Å². The third-order valence-electron chi connectivity index (χ3n) is 4.99. The van der Waals surface area contributed by atoms with Crippen LogP contribution in [0.25, 0.3) is 33.5 Å². The van der Waals surface area contributed by atoms with E-state index in [2.05, 4.69) is 31.8 Å². The SMILES string of the molecule is C=C/N=C(\C=C/C)CNc1nc(-c2cncc(S(N)(=O)=O)n2)nc2cccc(-c3ccccc3)c12. The Hall–Kier alpha value is -4.28. The van der Waals surface area contributed by atoms with E-state index in [1.165, 1.54) is 12.4 Å². The van der Waals surface area contributed by atoms with Crippen LogP contribution < -0.4 is 10.5 Å². The minimum Gasteiger partial charge on any atom is -0.364 e. The second-order valence-corrected chi connectivity index (χ2v) is 8.91. The fraction of sp³-hybridized carbons (Fsp3) is 0.0800. The lowest BCUT2D eigenvalue weighted by Crippen LogP contribution is -2.15. The lowest BCUT2D eigenvalue weighted by atomic mass is 10.0. The summed E-state index contributed by atoms with van der Waals surface area (Å²) < 4.78 is 23.6. The number of aliphatic imine (C=N–C) groups is 1. The van der Waals surface area contributed by atoms with E-state index in [9.17, 15) is 8.42 Å². The van der Waals surface area contributed by atoms with Crippen molar-refractivity contribution < 1.29 is 8.42 Å². The van der Waals surface area contributed by atoms with Crippen LogP contribution in [-0.2, 0) is 10.0 Å². The normalized spacial score (nSPS) is 12.2. The molecule has 176 valence electrons. The average Bonchev–Trinajstić information content (AvgIpc) is 2.87. The number of rotatable bonds is 8. The molecule has 2 aromatic carbocycles. The number of sulfonamides is 1. The van der Waals surface area contributed by atoms with Gasteiger partial charge < -0.3 is 5.32 Å². The van der Waals surface area contributed by atoms with Crippen molar-refractivity contribution in [1.82, 2.24) is 19.9 Å². The number of aromatic nitrogens is 4. The minimum absolute atomic E-state index is 0.181. The highest BCUT2D eigenvalue weighted by atomic mass is 32.2. The van der Waals surface area contributed by atoms with E-state index in [-0.39, 0.29) is 16.5 Å². The Morgan fingerprint density at radius 2 is 1.89 bits per heavy atom. The Morgan fingerprint density at radius 1 is 1.09 bits per heavy atom. The summed E-state index contributed by atoms with van der Waals surface area (Å²) >= 11 is 0. The lowest BCUT2D eigenvalue weighted by molar-refractivity contribution is 0.593. The molecule has 0 unspecified atom stereocenters. The van der Waals surface area contributed by atoms with Crippen LogP contribution in [0, 0.1) is 0 Å². The number of anilines is 1. The Balaban J connectivity index is 1.92. The summed E-state index contributed by atoms with van der Waals surface area (Å²) in [6.45, 7) is 5.95. The van der Waals surface area contributed by atoms with Crippen LogP contribution in [0.4, 0.5) is 5.82 Å². The number of nitrogens with zero attached hydrogens (tertiary/aromatic N) is 5. The van der Waals surface area contributed by atoms with Crippen LogP contribution in [0.1, 0.15) is 6.92 Å². The summed E-state index contributed by atoms with van der Waals surface area (Å²) in [5, 5.41) is 9.03. The zero-order valence-electron chi connectivity index (χ0n) is 19.0. The molecule has 0 saturated heterocycles. The van der Waals surface area contributed by atoms with Crippen LogP contribution in [-0.4, -0.2) is 40.6 Å². The highest BCUT2D eigenvalue weighted by molar-refractivity contribution is 7.89. The molecule has 9 nitrogen and oxygen atoms in total. The predicted molar refractivity (Wildman–Crippen MR) is 138 cm³/mol. The zero-order valence-corrected chi connectivity index (χ0v) is 19.8. The van der Waals surface area contributed by atoms with Gasteiger partial charge in [-0.05, 0) is 30.2 Å². The molecule has 0 aliphatic carbocycles. The molecule has 3 N–H and O–H groups in total. The van der Waals surface area contributed by atoms with Crippen molar-refractivity contribution in [3.8, 4) is 22.6 Å². The molecule has 10 heteroatoms. The van der Waals surface area contributed by atoms with E-state index in [4.69, 9.17) is 10.1 Å². The molecule has 0 radical (unpaired) electrons. The molecule has 35 heavy (non-hydrogen) atoms. The van der Waals surface area contributed by atoms with Gasteiger partial charge in [0.1, 0.15) is 11.5 Å². The topological polar surface area (TPSA) is 136 Å². The van der Waals surface area contributed by atoms with E-state index >= 15 is 0 Å². The molecule has 0 aliphatic rings. The maximum absolute atomic E-state index is 11.8. The summed E-state index contributed by atoms with van der Waals surface area (Å²) in [6.07, 6.45) is 7.71. The molecular formula is C25H23N7O2S. The molecule has 0 bridgehead atoms. The highest BCUT2D eigenvalue weighted by Crippen LogP contribution is 2.33. The molecule has 2 aromatic heterocycles. The van der Waals surface area contributed by atoms with Crippen LogP contribution >= 0.6 is 0 Å². The van der Waals surface area contributed by atoms with E-state index in [1.54, 1.807) is 0 Å². The molecule has 4 rings (SSSR count). The second kappa shape index (κ2) is 10.3. The minimum atomic E-state index is -4.04. The average molecular weight is 486 g/mol. The van der Waals surface area contributed by atoms with Crippen molar-refractivity contribution in [2.45, 2.75) is 11.9 Å². The van der Waals surface area contributed by atoms with Crippen molar-refractivity contribution in [3.63, 3.8) is 0 Å². The van der Waals surface area contributed by atoms with Crippen LogP contribution in [0.15, 0.2) is 95.9 Å². The van der Waals surface area contributed by atoms with Crippen LogP contribution in [0.5, 0.6) is 0 Å². The number of allylic oxidation sites excluding steroid dienone is 1. The van der Waals surface area contributed by atoms with E-state index < -0.39 is 10.0 Å². The first kappa shape index (κ1) is 23.9. The lowest BCUT2D eigenvalue weighted by Gasteiger charge is -2.14. The van der Waals surface area contributed by atoms with Crippen molar-refractivity contribution in [3.05, 3.63) is 85.9 Å². The monoisotopic (exact) mass is 485 g/mol. The van der Waals surface area contributed by atoms with Gasteiger partial charge >= 0.3 is 0 Å². The van der Waals surface area contributed by atoms with Crippen LogP contribution in [0.2, 0.25) is 0 Å². The quantitative estimate of drug-likeness (QED) is 0.360. The zero-order chi connectivity index (χ0) is 24.8. The van der Waals surface area contributed by atoms with Gasteiger partial charge in [0.2, 0.25) is 0 Å². The number of benzene rings is 2. The van der Waals surface area contributed by atoms with Gasteiger partial charge in [0.25, 0.3) is 10.0 Å². The van der Waals surface area contributed by atoms with E-state index in [1.807, 2.05) is 67.6 Å². The standard InChI is InChI=1S/C25H23N7O2S/c1-3-9-18(28-4-2)14-29-25-23-19(17-10-6-5-7-11-17)12-8-13-20(23)31-24(32-25)21-15-27-16-22(30-21)35(26,33)34/h3-13,15-16H,2,14H2,1H3,(H2,26,33,34)(H,29,31,32)/b9-3-,28-18+. The number of fused-ring (bicyclic) bond motifs is 1. The smallest absolute Gasteiger partial charge is 0.257 e. The molecule has 0 spiro atoms. The predicted octanol–water partition coefficient (Wildman–Crippen LogP) is 3.97. The molecule has 0 aliphatic heterocycles. The Bertz CT molecular complexity index is 1550. The van der Waals surface area contributed by atoms with Gasteiger partial charge in [-0.3, -0.25) is 9.98 Å². The largest absolute Gasteiger partial charge is 0.364 e. The summed E-state index contributed by atoms with van der Waals surface area (Å²) in [6, 6.07) is 15.7. The van der Waals surface area contributed by atoms with Gasteiger partial charge in [-0.25, -0.2) is 28.5 Å². The molecular weight excluding hydrogens is 462 g/mol. The summed E-state index contributed by atoms with van der Waals surface area (Å²) in [5.41, 5.74) is 3.52. The molecule has 0 amide bonds. The number of hydrogen-bond donors (Lipinski definition) is 2. The molecule has 0 atom stereocenters. The van der Waals surface area contributed by atoms with Gasteiger partial charge in [-0.2, -0.15) is 0 Å². The van der Waals surface area contributed by atoms with Crippen LogP contribution in [0.3, 0.4) is 0 Å². The Morgan fingerprint density at radius 3 is 2.60 bits per heavy atom. The van der Waals surface area contributed by atoms with Crippen molar-refractivity contribution in [1.29, 1.82) is 0 Å². The first-order chi connectivity index (χ1) is 16.9. The van der Waals surface area contributed by atoms with Gasteiger partial charge in [0, 0.05) is 6.20 Å². The van der Waals surface area contributed by atoms with Gasteiger partial charge in [-0.15, -0.1) is 0 Å². The van der Waals surface area contributed by atoms with Gasteiger partial charge in [0.05, 0.1) is 35.6 Å². The third kappa shape index (κ3) is 5.45. The summed E-state index contributed by atoms with van der Waals surface area (Å²) in [4.78, 5) is 21.8. The van der Waals surface area contributed by atoms with Gasteiger partial charge in [-0.1, -0.05) is 55.1 Å². The molecule has 4 aromatic rings.